The topological polar surface area (TPSA) is 65.8 Å². The largest absolute Gasteiger partial charge is 0.460 e. The van der Waals surface area contributed by atoms with Crippen molar-refractivity contribution in [2.45, 2.75) is 12.6 Å². The van der Waals surface area contributed by atoms with Crippen LogP contribution in [-0.4, -0.2) is 53.8 Å². The SMILES string of the molecule is O=C1NCC2CN(Cc3cc4cc(F)ccc4o3)CCN2C1=O. The van der Waals surface area contributed by atoms with E-state index in [9.17, 15) is 14.0 Å². The number of furan rings is 1. The summed E-state index contributed by atoms with van der Waals surface area (Å²) < 4.78 is 19.0. The number of nitrogens with one attached hydrogen (secondary N) is 1. The van der Waals surface area contributed by atoms with Gasteiger partial charge in [0.1, 0.15) is 17.2 Å². The predicted octanol–water partition coefficient (Wildman–Crippen LogP) is 0.714. The van der Waals surface area contributed by atoms with E-state index < -0.39 is 11.8 Å². The molecule has 2 aliphatic heterocycles. The number of amides is 2. The van der Waals surface area contributed by atoms with E-state index in [0.29, 0.717) is 38.3 Å². The van der Waals surface area contributed by atoms with Gasteiger partial charge in [-0.3, -0.25) is 14.5 Å². The van der Waals surface area contributed by atoms with Crippen molar-refractivity contribution in [2.24, 2.45) is 0 Å². The molecular formula is C16H16FN3O3. The first-order valence-electron chi connectivity index (χ1n) is 7.59. The molecule has 7 heteroatoms. The molecule has 23 heavy (non-hydrogen) atoms. The molecule has 2 fully saturated rings. The Labute approximate surface area is 131 Å². The van der Waals surface area contributed by atoms with Crippen molar-refractivity contribution < 1.29 is 18.4 Å². The van der Waals surface area contributed by atoms with E-state index in [0.717, 1.165) is 11.1 Å². The van der Waals surface area contributed by atoms with Crippen LogP contribution in [0.25, 0.3) is 11.0 Å². The molecule has 3 heterocycles. The van der Waals surface area contributed by atoms with Crippen LogP contribution in [0, 0.1) is 5.82 Å². The summed E-state index contributed by atoms with van der Waals surface area (Å²) in [5.41, 5.74) is 0.667. The lowest BCUT2D eigenvalue weighted by Gasteiger charge is -2.43. The number of carbonyl (C=O) groups is 2. The number of piperazine rings is 2. The molecule has 1 atom stereocenters. The maximum atomic E-state index is 13.2. The Kier molecular flexibility index (Phi) is 3.30. The molecule has 0 aliphatic carbocycles. The fourth-order valence-electron chi connectivity index (χ4n) is 3.29. The first-order chi connectivity index (χ1) is 11.1. The first kappa shape index (κ1) is 14.2. The van der Waals surface area contributed by atoms with Gasteiger partial charge in [0.05, 0.1) is 12.6 Å². The highest BCUT2D eigenvalue weighted by Crippen LogP contribution is 2.22. The third-order valence-corrected chi connectivity index (χ3v) is 4.43. The Morgan fingerprint density at radius 2 is 2.13 bits per heavy atom. The van der Waals surface area contributed by atoms with Gasteiger partial charge < -0.3 is 14.6 Å². The van der Waals surface area contributed by atoms with Crippen LogP contribution >= 0.6 is 0 Å². The average Bonchev–Trinajstić information content (AvgIpc) is 2.92. The molecule has 2 aliphatic rings. The van der Waals surface area contributed by atoms with E-state index >= 15 is 0 Å². The van der Waals surface area contributed by atoms with Crippen molar-refractivity contribution in [3.63, 3.8) is 0 Å². The fourth-order valence-corrected chi connectivity index (χ4v) is 3.29. The van der Waals surface area contributed by atoms with Crippen LogP contribution in [-0.2, 0) is 16.1 Å². The number of hydrogen-bond acceptors (Lipinski definition) is 4. The van der Waals surface area contributed by atoms with Gasteiger partial charge in [0.15, 0.2) is 0 Å². The van der Waals surface area contributed by atoms with Crippen LogP contribution in [0.1, 0.15) is 5.76 Å². The standard InChI is InChI=1S/C16H16FN3O3/c17-11-1-2-14-10(5-11)6-13(23-14)9-19-3-4-20-12(8-19)7-18-15(21)16(20)22/h1-2,5-6,12H,3-4,7-9H2,(H,18,21). The number of halogens is 1. The Hall–Kier alpha value is -2.41. The zero-order valence-electron chi connectivity index (χ0n) is 12.4. The second-order valence-corrected chi connectivity index (χ2v) is 5.99. The predicted molar refractivity (Wildman–Crippen MR) is 80.0 cm³/mol. The van der Waals surface area contributed by atoms with Crippen LogP contribution in [0.5, 0.6) is 0 Å². The maximum Gasteiger partial charge on any atom is 0.312 e. The van der Waals surface area contributed by atoms with Gasteiger partial charge in [-0.15, -0.1) is 0 Å². The zero-order valence-corrected chi connectivity index (χ0v) is 12.4. The highest BCUT2D eigenvalue weighted by atomic mass is 19.1. The number of rotatable bonds is 2. The molecule has 120 valence electrons. The summed E-state index contributed by atoms with van der Waals surface area (Å²) in [6.07, 6.45) is 0. The lowest BCUT2D eigenvalue weighted by molar-refractivity contribution is -0.152. The molecule has 2 aromatic rings. The molecule has 6 nitrogen and oxygen atoms in total. The minimum absolute atomic E-state index is 0.00391. The summed E-state index contributed by atoms with van der Waals surface area (Å²) in [5, 5.41) is 3.37. The van der Waals surface area contributed by atoms with Gasteiger partial charge in [-0.1, -0.05) is 0 Å². The van der Waals surface area contributed by atoms with Crippen molar-refractivity contribution in [1.29, 1.82) is 0 Å². The van der Waals surface area contributed by atoms with E-state index in [-0.39, 0.29) is 11.9 Å². The Balaban J connectivity index is 1.47. The van der Waals surface area contributed by atoms with Crippen LogP contribution in [0.3, 0.4) is 0 Å². The van der Waals surface area contributed by atoms with Crippen LogP contribution in [0.15, 0.2) is 28.7 Å². The number of benzene rings is 1. The molecule has 0 radical (unpaired) electrons. The highest BCUT2D eigenvalue weighted by molar-refractivity contribution is 6.35. The minimum Gasteiger partial charge on any atom is -0.460 e. The van der Waals surface area contributed by atoms with Crippen molar-refractivity contribution >= 4 is 22.8 Å². The molecule has 2 amide bonds. The second-order valence-electron chi connectivity index (χ2n) is 5.99. The Morgan fingerprint density at radius 1 is 1.26 bits per heavy atom. The quantitative estimate of drug-likeness (QED) is 0.829. The van der Waals surface area contributed by atoms with Gasteiger partial charge in [-0.25, -0.2) is 4.39 Å². The van der Waals surface area contributed by atoms with Gasteiger partial charge in [-0.2, -0.15) is 0 Å². The molecule has 0 saturated carbocycles. The summed E-state index contributed by atoms with van der Waals surface area (Å²) in [5.74, 6) is -0.478. The van der Waals surface area contributed by atoms with Crippen molar-refractivity contribution in [2.75, 3.05) is 26.2 Å². The number of hydrogen-bond donors (Lipinski definition) is 1. The average molecular weight is 317 g/mol. The zero-order chi connectivity index (χ0) is 16.0. The maximum absolute atomic E-state index is 13.2. The Bertz CT molecular complexity index is 788. The molecule has 1 aromatic carbocycles. The first-order valence-corrected chi connectivity index (χ1v) is 7.59. The number of carbonyl (C=O) groups excluding carboxylic acids is 2. The number of fused-ring (bicyclic) bond motifs is 2. The van der Waals surface area contributed by atoms with E-state index in [1.54, 1.807) is 11.0 Å². The van der Waals surface area contributed by atoms with Crippen molar-refractivity contribution in [3.8, 4) is 0 Å². The van der Waals surface area contributed by atoms with Gasteiger partial charge in [0.2, 0.25) is 0 Å². The summed E-state index contributed by atoms with van der Waals surface area (Å²) in [6.45, 7) is 2.97. The molecule has 0 spiro atoms. The van der Waals surface area contributed by atoms with E-state index in [1.165, 1.54) is 12.1 Å². The smallest absolute Gasteiger partial charge is 0.312 e. The third-order valence-electron chi connectivity index (χ3n) is 4.43. The van der Waals surface area contributed by atoms with Gasteiger partial charge >= 0.3 is 11.8 Å². The monoisotopic (exact) mass is 317 g/mol. The highest BCUT2D eigenvalue weighted by Gasteiger charge is 2.37. The molecule has 1 unspecified atom stereocenters. The molecule has 4 rings (SSSR count). The third kappa shape index (κ3) is 2.57. The number of nitrogens with zero attached hydrogens (tertiary/aromatic N) is 2. The summed E-state index contributed by atoms with van der Waals surface area (Å²) in [6, 6.07) is 6.30. The second kappa shape index (κ2) is 5.34. The molecule has 2 saturated heterocycles. The van der Waals surface area contributed by atoms with E-state index in [2.05, 4.69) is 10.2 Å². The summed E-state index contributed by atoms with van der Waals surface area (Å²) in [4.78, 5) is 27.0. The lowest BCUT2D eigenvalue weighted by atomic mass is 10.1. The molecule has 1 aromatic heterocycles. The van der Waals surface area contributed by atoms with E-state index in [1.807, 2.05) is 6.07 Å². The molecular weight excluding hydrogens is 301 g/mol. The van der Waals surface area contributed by atoms with Gasteiger partial charge in [0, 0.05) is 31.6 Å². The molecule has 0 bridgehead atoms. The van der Waals surface area contributed by atoms with Crippen LogP contribution in [0.4, 0.5) is 4.39 Å². The van der Waals surface area contributed by atoms with Crippen molar-refractivity contribution in [1.82, 2.24) is 15.1 Å². The summed E-state index contributed by atoms with van der Waals surface area (Å²) >= 11 is 0. The Morgan fingerprint density at radius 3 is 3.00 bits per heavy atom. The fraction of sp³-hybridized carbons (Fsp3) is 0.375. The lowest BCUT2D eigenvalue weighted by Crippen LogP contribution is -2.65. The van der Waals surface area contributed by atoms with Crippen LogP contribution < -0.4 is 5.32 Å². The normalized spacial score (nSPS) is 22.3. The summed E-state index contributed by atoms with van der Waals surface area (Å²) in [7, 11) is 0. The van der Waals surface area contributed by atoms with Crippen LogP contribution in [0.2, 0.25) is 0 Å². The van der Waals surface area contributed by atoms with Gasteiger partial charge in [0.25, 0.3) is 0 Å². The van der Waals surface area contributed by atoms with E-state index in [4.69, 9.17) is 4.42 Å². The van der Waals surface area contributed by atoms with Crippen molar-refractivity contribution in [3.05, 3.63) is 35.8 Å². The molecule has 1 N–H and O–H groups in total. The van der Waals surface area contributed by atoms with Gasteiger partial charge in [-0.05, 0) is 24.3 Å². The minimum atomic E-state index is -0.519.